The van der Waals surface area contributed by atoms with Crippen molar-refractivity contribution < 1.29 is 33.2 Å². The van der Waals surface area contributed by atoms with Gasteiger partial charge in [-0.25, -0.2) is 4.79 Å². The van der Waals surface area contributed by atoms with Crippen molar-refractivity contribution in [1.82, 2.24) is 0 Å². The highest BCUT2D eigenvalue weighted by molar-refractivity contribution is 5.89. The molecule has 7 heteroatoms. The number of rotatable bonds is 10. The van der Waals surface area contributed by atoms with E-state index in [9.17, 15) is 4.79 Å². The van der Waals surface area contributed by atoms with Crippen molar-refractivity contribution >= 4 is 5.97 Å². The molecule has 192 valence electrons. The third kappa shape index (κ3) is 6.22. The average Bonchev–Trinajstić information content (AvgIpc) is 2.89. The molecule has 0 radical (unpaired) electrons. The monoisotopic (exact) mass is 494 g/mol. The molecule has 0 bridgehead atoms. The smallest absolute Gasteiger partial charge is 0.338 e. The summed E-state index contributed by atoms with van der Waals surface area (Å²) in [6.45, 7) is 6.64. The summed E-state index contributed by atoms with van der Waals surface area (Å²) in [6.07, 6.45) is 0. The van der Waals surface area contributed by atoms with Gasteiger partial charge in [-0.05, 0) is 58.5 Å². The maximum atomic E-state index is 12.4. The molecule has 3 rings (SSSR count). The van der Waals surface area contributed by atoms with Crippen LogP contribution in [0.3, 0.4) is 0 Å². The van der Waals surface area contributed by atoms with Crippen LogP contribution in [0.1, 0.15) is 36.7 Å². The van der Waals surface area contributed by atoms with E-state index in [0.29, 0.717) is 34.3 Å². The van der Waals surface area contributed by atoms with Gasteiger partial charge in [0.25, 0.3) is 0 Å². The zero-order chi connectivity index (χ0) is 26.3. The number of hydrogen-bond donors (Lipinski definition) is 0. The maximum Gasteiger partial charge on any atom is 0.338 e. The van der Waals surface area contributed by atoms with Crippen molar-refractivity contribution in [3.63, 3.8) is 0 Å². The highest BCUT2D eigenvalue weighted by Gasteiger charge is 2.17. The summed E-state index contributed by atoms with van der Waals surface area (Å²) >= 11 is 0. The molecular formula is C29H34O7. The van der Waals surface area contributed by atoms with Gasteiger partial charge in [0.15, 0.2) is 23.0 Å². The van der Waals surface area contributed by atoms with Crippen LogP contribution in [0.2, 0.25) is 0 Å². The third-order valence-corrected chi connectivity index (χ3v) is 5.72. The Bertz CT molecular complexity index is 1150. The lowest BCUT2D eigenvalue weighted by molar-refractivity contribution is 0.0449. The highest BCUT2D eigenvalue weighted by Crippen LogP contribution is 2.42. The van der Waals surface area contributed by atoms with E-state index < -0.39 is 5.97 Å². The molecule has 0 aromatic heterocycles. The lowest BCUT2D eigenvalue weighted by atomic mass is 9.87. The van der Waals surface area contributed by atoms with E-state index >= 15 is 0 Å². The second-order valence-corrected chi connectivity index (χ2v) is 9.09. The van der Waals surface area contributed by atoms with E-state index in [1.807, 2.05) is 42.5 Å². The predicted molar refractivity (Wildman–Crippen MR) is 139 cm³/mol. The second kappa shape index (κ2) is 11.7. The van der Waals surface area contributed by atoms with Crippen molar-refractivity contribution in [2.45, 2.75) is 26.2 Å². The first-order chi connectivity index (χ1) is 17.2. The lowest BCUT2D eigenvalue weighted by Crippen LogP contribution is -2.14. The van der Waals surface area contributed by atoms with Crippen LogP contribution < -0.4 is 23.7 Å². The van der Waals surface area contributed by atoms with E-state index in [1.54, 1.807) is 40.6 Å². The number of esters is 1. The molecule has 0 saturated carbocycles. The molecule has 0 spiro atoms. The first-order valence-corrected chi connectivity index (χ1v) is 11.6. The first kappa shape index (κ1) is 26.7. The van der Waals surface area contributed by atoms with Gasteiger partial charge in [0, 0.05) is 0 Å². The largest absolute Gasteiger partial charge is 0.493 e. The summed E-state index contributed by atoms with van der Waals surface area (Å²) in [4.78, 5) is 12.4. The molecule has 0 saturated heterocycles. The van der Waals surface area contributed by atoms with Crippen LogP contribution in [0.4, 0.5) is 0 Å². The zero-order valence-electron chi connectivity index (χ0n) is 22.0. The fourth-order valence-electron chi connectivity index (χ4n) is 3.69. The number of hydrogen-bond acceptors (Lipinski definition) is 7. The van der Waals surface area contributed by atoms with Gasteiger partial charge >= 0.3 is 5.97 Å². The minimum atomic E-state index is -0.391. The molecule has 0 heterocycles. The molecule has 0 N–H and O–H groups in total. The Kier molecular flexibility index (Phi) is 8.69. The fraction of sp³-hybridized carbons (Fsp3) is 0.345. The van der Waals surface area contributed by atoms with Gasteiger partial charge < -0.3 is 28.4 Å². The third-order valence-electron chi connectivity index (χ3n) is 5.72. The summed E-state index contributed by atoms with van der Waals surface area (Å²) in [5.41, 5.74) is 3.39. The minimum absolute atomic E-state index is 0.0198. The molecule has 7 nitrogen and oxygen atoms in total. The molecular weight excluding hydrogens is 460 g/mol. The van der Waals surface area contributed by atoms with Crippen molar-refractivity contribution in [3.05, 3.63) is 65.7 Å². The van der Waals surface area contributed by atoms with Gasteiger partial charge in [-0.1, -0.05) is 39.0 Å². The summed E-state index contributed by atoms with van der Waals surface area (Å²) in [7, 11) is 6.28. The van der Waals surface area contributed by atoms with Crippen molar-refractivity contribution in [3.8, 4) is 39.9 Å². The highest BCUT2D eigenvalue weighted by atomic mass is 16.6. The van der Waals surface area contributed by atoms with E-state index in [1.165, 1.54) is 0 Å². The van der Waals surface area contributed by atoms with Crippen LogP contribution in [0.5, 0.6) is 28.7 Å². The number of carbonyl (C=O) groups is 1. The van der Waals surface area contributed by atoms with Crippen molar-refractivity contribution in [1.29, 1.82) is 0 Å². The van der Waals surface area contributed by atoms with Crippen molar-refractivity contribution in [2.24, 2.45) is 0 Å². The van der Waals surface area contributed by atoms with E-state index in [4.69, 9.17) is 28.4 Å². The van der Waals surface area contributed by atoms with Crippen LogP contribution in [-0.4, -0.2) is 47.6 Å². The van der Waals surface area contributed by atoms with Crippen LogP contribution in [0, 0.1) is 0 Å². The van der Waals surface area contributed by atoms with Crippen LogP contribution in [-0.2, 0) is 10.2 Å². The van der Waals surface area contributed by atoms with Gasteiger partial charge in [0.2, 0.25) is 5.75 Å². The van der Waals surface area contributed by atoms with Gasteiger partial charge in [0.1, 0.15) is 13.2 Å². The summed E-state index contributed by atoms with van der Waals surface area (Å²) in [5.74, 6) is 2.31. The number of benzene rings is 3. The summed E-state index contributed by atoms with van der Waals surface area (Å²) < 4.78 is 33.1. The van der Waals surface area contributed by atoms with Gasteiger partial charge in [-0.3, -0.25) is 0 Å². The Morgan fingerprint density at radius 1 is 0.667 bits per heavy atom. The number of carbonyl (C=O) groups excluding carboxylic acids is 1. The molecule has 0 aliphatic heterocycles. The van der Waals surface area contributed by atoms with Crippen LogP contribution in [0.15, 0.2) is 54.6 Å². The molecule has 3 aromatic carbocycles. The minimum Gasteiger partial charge on any atom is -0.493 e. The quantitative estimate of drug-likeness (QED) is 0.256. The van der Waals surface area contributed by atoms with Crippen LogP contribution >= 0.6 is 0 Å². The van der Waals surface area contributed by atoms with Gasteiger partial charge in [-0.15, -0.1) is 0 Å². The lowest BCUT2D eigenvalue weighted by Gasteiger charge is -2.19. The normalized spacial score (nSPS) is 11.0. The molecule has 36 heavy (non-hydrogen) atoms. The Hall–Kier alpha value is -3.87. The maximum absolute atomic E-state index is 12.4. The fourth-order valence-corrected chi connectivity index (χ4v) is 3.69. The standard InChI is InChI=1S/C29H34O7/c1-29(2,3)22-11-8-19(9-12-22)28(30)36-15-14-35-24-16-20(10-13-23(24)31-4)21-17-25(32-5)27(34-7)26(18-21)33-6/h8-13,16-18H,14-15H2,1-7H3. The molecule has 0 atom stereocenters. The Morgan fingerprint density at radius 3 is 1.78 bits per heavy atom. The SMILES string of the molecule is COc1ccc(-c2cc(OC)c(OC)c(OC)c2)cc1OCCOC(=O)c1ccc(C(C)(C)C)cc1. The molecule has 3 aromatic rings. The Morgan fingerprint density at radius 2 is 1.25 bits per heavy atom. The van der Waals surface area contributed by atoms with Gasteiger partial charge in [-0.2, -0.15) is 0 Å². The van der Waals surface area contributed by atoms with Crippen molar-refractivity contribution in [2.75, 3.05) is 41.7 Å². The van der Waals surface area contributed by atoms with E-state index in [2.05, 4.69) is 20.8 Å². The number of ether oxygens (including phenoxy) is 6. The predicted octanol–water partition coefficient (Wildman–Crippen LogP) is 5.92. The average molecular weight is 495 g/mol. The topological polar surface area (TPSA) is 72.5 Å². The molecule has 0 unspecified atom stereocenters. The second-order valence-electron chi connectivity index (χ2n) is 9.09. The van der Waals surface area contributed by atoms with Crippen LogP contribution in [0.25, 0.3) is 11.1 Å². The van der Waals surface area contributed by atoms with Gasteiger partial charge in [0.05, 0.1) is 34.0 Å². The molecule has 0 aliphatic carbocycles. The Labute approximate surface area is 212 Å². The Balaban J connectivity index is 1.69. The molecule has 0 aliphatic rings. The molecule has 0 amide bonds. The zero-order valence-corrected chi connectivity index (χ0v) is 22.0. The summed E-state index contributed by atoms with van der Waals surface area (Å²) in [6, 6.07) is 16.8. The van der Waals surface area contributed by atoms with E-state index in [0.717, 1.165) is 16.7 Å². The molecule has 0 fully saturated rings. The number of methoxy groups -OCH3 is 4. The van der Waals surface area contributed by atoms with E-state index in [-0.39, 0.29) is 18.6 Å². The summed E-state index contributed by atoms with van der Waals surface area (Å²) in [5, 5.41) is 0. The first-order valence-electron chi connectivity index (χ1n) is 11.6.